The minimum atomic E-state index is -0.614. The number of aromatic nitrogens is 1. The zero-order valence-electron chi connectivity index (χ0n) is 13.7. The van der Waals surface area contributed by atoms with Crippen molar-refractivity contribution in [2.75, 3.05) is 0 Å². The maximum atomic E-state index is 12.5. The molecule has 2 aromatic rings. The first-order valence-electron chi connectivity index (χ1n) is 7.94. The monoisotopic (exact) mass is 341 g/mol. The maximum Gasteiger partial charge on any atom is 0.261 e. The number of benzene rings is 1. The van der Waals surface area contributed by atoms with Crippen molar-refractivity contribution in [3.8, 4) is 11.8 Å². The quantitative estimate of drug-likeness (QED) is 0.905. The molecule has 1 N–H and O–H groups in total. The number of nitrogens with zero attached hydrogens (tertiary/aromatic N) is 2. The number of hydrogen-bond acceptors (Lipinski definition) is 5. The van der Waals surface area contributed by atoms with Gasteiger partial charge < -0.3 is 10.1 Å². The zero-order chi connectivity index (χ0) is 17.2. The van der Waals surface area contributed by atoms with Crippen molar-refractivity contribution in [3.63, 3.8) is 0 Å². The van der Waals surface area contributed by atoms with Crippen LogP contribution in [0.3, 0.4) is 0 Å². The van der Waals surface area contributed by atoms with Gasteiger partial charge in [-0.25, -0.2) is 4.98 Å². The van der Waals surface area contributed by atoms with Crippen LogP contribution in [0.4, 0.5) is 0 Å². The van der Waals surface area contributed by atoms with E-state index >= 15 is 0 Å². The van der Waals surface area contributed by atoms with Crippen LogP contribution in [0.2, 0.25) is 0 Å². The molecule has 0 saturated heterocycles. The topological polar surface area (TPSA) is 75.0 Å². The minimum absolute atomic E-state index is 0.146. The molecule has 1 aromatic carbocycles. The van der Waals surface area contributed by atoms with Gasteiger partial charge in [-0.15, -0.1) is 11.3 Å². The molecular weight excluding hydrogens is 322 g/mol. The minimum Gasteiger partial charge on any atom is -0.481 e. The van der Waals surface area contributed by atoms with Crippen LogP contribution < -0.4 is 10.1 Å². The van der Waals surface area contributed by atoms with Crippen LogP contribution in [0.1, 0.15) is 42.5 Å². The standard InChI is InChI=1S/C18H19N3O2S/c1-12-11-24-17(20-12)18(8-3-9-18)21-16(22)13(2)23-15-6-4-14(10-19)5-7-15/h4-7,11,13H,3,8-9H2,1-2H3,(H,21,22)/t13-/m0/s1. The SMILES string of the molecule is Cc1csc(C2(NC(=O)[C@H](C)Oc3ccc(C#N)cc3)CCC2)n1. The number of amides is 1. The van der Waals surface area contributed by atoms with Gasteiger partial charge in [0.05, 0.1) is 17.2 Å². The van der Waals surface area contributed by atoms with Crippen LogP contribution >= 0.6 is 11.3 Å². The zero-order valence-corrected chi connectivity index (χ0v) is 14.5. The molecule has 1 amide bonds. The number of carbonyl (C=O) groups excluding carboxylic acids is 1. The van der Waals surface area contributed by atoms with Crippen molar-refractivity contribution in [1.29, 1.82) is 5.26 Å². The molecule has 1 aliphatic rings. The number of aryl methyl sites for hydroxylation is 1. The number of thiazole rings is 1. The van der Waals surface area contributed by atoms with Crippen molar-refractivity contribution >= 4 is 17.2 Å². The third-order valence-corrected chi connectivity index (χ3v) is 5.43. The van der Waals surface area contributed by atoms with Crippen LogP contribution in [0.15, 0.2) is 29.6 Å². The normalized spacial score (nSPS) is 16.5. The molecule has 24 heavy (non-hydrogen) atoms. The van der Waals surface area contributed by atoms with Crippen LogP contribution in [-0.4, -0.2) is 17.0 Å². The lowest BCUT2D eigenvalue weighted by Crippen LogP contribution is -2.54. The molecule has 0 spiro atoms. The fourth-order valence-corrected chi connectivity index (χ4v) is 3.71. The van der Waals surface area contributed by atoms with Gasteiger partial charge in [-0.1, -0.05) is 0 Å². The first-order chi connectivity index (χ1) is 11.5. The van der Waals surface area contributed by atoms with Gasteiger partial charge in [0.1, 0.15) is 10.8 Å². The largest absolute Gasteiger partial charge is 0.481 e. The predicted molar refractivity (Wildman–Crippen MR) is 91.8 cm³/mol. The Morgan fingerprint density at radius 1 is 1.42 bits per heavy atom. The summed E-state index contributed by atoms with van der Waals surface area (Å²) in [5.74, 6) is 0.427. The van der Waals surface area contributed by atoms with Gasteiger partial charge in [0, 0.05) is 11.1 Å². The molecule has 1 heterocycles. The van der Waals surface area contributed by atoms with Gasteiger partial charge in [0.25, 0.3) is 5.91 Å². The molecule has 1 atom stereocenters. The van der Waals surface area contributed by atoms with Crippen LogP contribution in [0.5, 0.6) is 5.75 Å². The summed E-state index contributed by atoms with van der Waals surface area (Å²) in [6.07, 6.45) is 2.30. The summed E-state index contributed by atoms with van der Waals surface area (Å²) in [6, 6.07) is 8.80. The summed E-state index contributed by atoms with van der Waals surface area (Å²) in [5, 5.41) is 14.9. The second kappa shape index (κ2) is 6.62. The van der Waals surface area contributed by atoms with E-state index in [1.807, 2.05) is 12.3 Å². The lowest BCUT2D eigenvalue weighted by Gasteiger charge is -2.41. The Balaban J connectivity index is 1.66. The molecule has 1 fully saturated rings. The molecular formula is C18H19N3O2S. The summed E-state index contributed by atoms with van der Waals surface area (Å²) < 4.78 is 5.69. The van der Waals surface area contributed by atoms with E-state index in [0.29, 0.717) is 11.3 Å². The fourth-order valence-electron chi connectivity index (χ4n) is 2.70. The van der Waals surface area contributed by atoms with Crippen molar-refractivity contribution in [3.05, 3.63) is 45.9 Å². The summed E-state index contributed by atoms with van der Waals surface area (Å²) in [5.41, 5.74) is 1.21. The van der Waals surface area contributed by atoms with Gasteiger partial charge in [0.15, 0.2) is 6.10 Å². The van der Waals surface area contributed by atoms with Crippen LogP contribution in [0.25, 0.3) is 0 Å². The van der Waals surface area contributed by atoms with E-state index in [1.54, 1.807) is 42.5 Å². The van der Waals surface area contributed by atoms with Crippen molar-refractivity contribution in [2.24, 2.45) is 0 Å². The first-order valence-corrected chi connectivity index (χ1v) is 8.82. The summed E-state index contributed by atoms with van der Waals surface area (Å²) in [6.45, 7) is 3.69. The van der Waals surface area contributed by atoms with Crippen LogP contribution in [-0.2, 0) is 10.3 Å². The highest BCUT2D eigenvalue weighted by Gasteiger charge is 2.43. The molecule has 5 nitrogen and oxygen atoms in total. The van der Waals surface area contributed by atoms with E-state index in [9.17, 15) is 4.79 Å². The number of carbonyl (C=O) groups is 1. The van der Waals surface area contributed by atoms with Gasteiger partial charge in [-0.3, -0.25) is 4.79 Å². The second-order valence-corrected chi connectivity index (χ2v) is 6.97. The highest BCUT2D eigenvalue weighted by atomic mass is 32.1. The van der Waals surface area contributed by atoms with E-state index in [-0.39, 0.29) is 11.4 Å². The second-order valence-electron chi connectivity index (χ2n) is 6.12. The Hall–Kier alpha value is -2.39. The Labute approximate surface area is 145 Å². The number of ether oxygens (including phenoxy) is 1. The maximum absolute atomic E-state index is 12.5. The van der Waals surface area contributed by atoms with E-state index in [4.69, 9.17) is 10.00 Å². The van der Waals surface area contributed by atoms with E-state index in [2.05, 4.69) is 16.4 Å². The molecule has 124 valence electrons. The van der Waals surface area contributed by atoms with Crippen molar-refractivity contribution in [2.45, 2.75) is 44.8 Å². The Kier molecular flexibility index (Phi) is 4.54. The Morgan fingerprint density at radius 2 is 2.12 bits per heavy atom. The third kappa shape index (κ3) is 3.26. The van der Waals surface area contributed by atoms with Gasteiger partial charge >= 0.3 is 0 Å². The Bertz CT molecular complexity index is 772. The number of rotatable bonds is 5. The average molecular weight is 341 g/mol. The number of hydrogen-bond donors (Lipinski definition) is 1. The van der Waals surface area contributed by atoms with Crippen molar-refractivity contribution in [1.82, 2.24) is 10.3 Å². The number of nitriles is 1. The predicted octanol–water partition coefficient (Wildman–Crippen LogP) is 3.29. The summed E-state index contributed by atoms with van der Waals surface area (Å²) >= 11 is 1.60. The van der Waals surface area contributed by atoms with E-state index < -0.39 is 6.10 Å². The molecule has 3 rings (SSSR count). The Morgan fingerprint density at radius 3 is 2.62 bits per heavy atom. The molecule has 1 saturated carbocycles. The fraction of sp³-hybridized carbons (Fsp3) is 0.389. The molecule has 0 radical (unpaired) electrons. The smallest absolute Gasteiger partial charge is 0.261 e. The molecule has 1 aliphatic carbocycles. The highest BCUT2D eigenvalue weighted by molar-refractivity contribution is 7.09. The lowest BCUT2D eigenvalue weighted by molar-refractivity contribution is -0.130. The average Bonchev–Trinajstić information content (AvgIpc) is 2.98. The van der Waals surface area contributed by atoms with E-state index in [1.165, 1.54) is 0 Å². The molecule has 1 aromatic heterocycles. The van der Waals surface area contributed by atoms with E-state index in [0.717, 1.165) is 30.0 Å². The molecule has 0 aliphatic heterocycles. The molecule has 0 bridgehead atoms. The summed E-state index contributed by atoms with van der Waals surface area (Å²) in [4.78, 5) is 17.1. The van der Waals surface area contributed by atoms with Crippen molar-refractivity contribution < 1.29 is 9.53 Å². The molecule has 6 heteroatoms. The summed E-state index contributed by atoms with van der Waals surface area (Å²) in [7, 11) is 0. The molecule has 0 unspecified atom stereocenters. The lowest BCUT2D eigenvalue weighted by atomic mass is 9.77. The van der Waals surface area contributed by atoms with Crippen LogP contribution in [0, 0.1) is 18.3 Å². The van der Waals surface area contributed by atoms with Gasteiger partial charge in [-0.05, 0) is 57.4 Å². The third-order valence-electron chi connectivity index (χ3n) is 4.26. The number of nitrogens with one attached hydrogen (secondary N) is 1. The van der Waals surface area contributed by atoms with Gasteiger partial charge in [-0.2, -0.15) is 5.26 Å². The first kappa shape index (κ1) is 16.5. The van der Waals surface area contributed by atoms with Gasteiger partial charge in [0.2, 0.25) is 0 Å². The highest BCUT2D eigenvalue weighted by Crippen LogP contribution is 2.42.